The van der Waals surface area contributed by atoms with Crippen LogP contribution in [-0.4, -0.2) is 18.2 Å². The molecule has 1 rings (SSSR count). The van der Waals surface area contributed by atoms with Crippen LogP contribution in [0.4, 0.5) is 5.69 Å². The predicted molar refractivity (Wildman–Crippen MR) is 60.1 cm³/mol. The van der Waals surface area contributed by atoms with Crippen molar-refractivity contribution in [2.24, 2.45) is 5.10 Å². The first-order valence-electron chi connectivity index (χ1n) is 4.27. The van der Waals surface area contributed by atoms with Gasteiger partial charge in [0.1, 0.15) is 0 Å². The summed E-state index contributed by atoms with van der Waals surface area (Å²) in [5.41, 5.74) is 4.50. The van der Waals surface area contributed by atoms with E-state index in [-0.39, 0.29) is 5.17 Å². The standard InChI is InChI=1S/C10H11ClN2O2/c1-7-4-3-5-8(6-7)12-13-9(11)10(14)15-2/h3-6,12H,1-2H3. The Morgan fingerprint density at radius 2 is 2.27 bits per heavy atom. The molecule has 0 radical (unpaired) electrons. The molecule has 80 valence electrons. The first kappa shape index (κ1) is 11.5. The van der Waals surface area contributed by atoms with Crippen molar-refractivity contribution in [3.8, 4) is 0 Å². The number of anilines is 1. The normalized spacial score (nSPS) is 11.0. The molecule has 0 fully saturated rings. The van der Waals surface area contributed by atoms with E-state index in [4.69, 9.17) is 11.6 Å². The van der Waals surface area contributed by atoms with Gasteiger partial charge in [0.05, 0.1) is 12.8 Å². The Kier molecular flexibility index (Phi) is 4.12. The quantitative estimate of drug-likeness (QED) is 0.488. The van der Waals surface area contributed by atoms with E-state index in [2.05, 4.69) is 15.3 Å². The van der Waals surface area contributed by atoms with Gasteiger partial charge < -0.3 is 4.74 Å². The van der Waals surface area contributed by atoms with Gasteiger partial charge in [-0.3, -0.25) is 5.43 Å². The van der Waals surface area contributed by atoms with E-state index in [0.29, 0.717) is 0 Å². The van der Waals surface area contributed by atoms with E-state index in [1.807, 2.05) is 31.2 Å². The van der Waals surface area contributed by atoms with Crippen LogP contribution in [0.15, 0.2) is 29.4 Å². The largest absolute Gasteiger partial charge is 0.464 e. The third kappa shape index (κ3) is 3.59. The van der Waals surface area contributed by atoms with Crippen LogP contribution in [-0.2, 0) is 9.53 Å². The van der Waals surface area contributed by atoms with Crippen molar-refractivity contribution >= 4 is 28.4 Å². The smallest absolute Gasteiger partial charge is 0.370 e. The van der Waals surface area contributed by atoms with Crippen LogP contribution in [0.2, 0.25) is 0 Å². The fourth-order valence-electron chi connectivity index (χ4n) is 0.958. The number of benzene rings is 1. The number of rotatable bonds is 3. The number of methoxy groups -OCH3 is 1. The minimum Gasteiger partial charge on any atom is -0.464 e. The summed E-state index contributed by atoms with van der Waals surface area (Å²) in [5.74, 6) is -0.670. The van der Waals surface area contributed by atoms with E-state index < -0.39 is 5.97 Å². The van der Waals surface area contributed by atoms with Crippen LogP contribution in [0.3, 0.4) is 0 Å². The monoisotopic (exact) mass is 226 g/mol. The van der Waals surface area contributed by atoms with Gasteiger partial charge in [-0.05, 0) is 24.6 Å². The van der Waals surface area contributed by atoms with Gasteiger partial charge in [-0.1, -0.05) is 23.7 Å². The lowest BCUT2D eigenvalue weighted by Crippen LogP contribution is -2.11. The molecular weight excluding hydrogens is 216 g/mol. The minimum absolute atomic E-state index is 0.237. The van der Waals surface area contributed by atoms with Crippen LogP contribution in [0.5, 0.6) is 0 Å². The summed E-state index contributed by atoms with van der Waals surface area (Å²) in [6, 6.07) is 7.53. The molecule has 0 bridgehead atoms. The lowest BCUT2D eigenvalue weighted by atomic mass is 10.2. The zero-order chi connectivity index (χ0) is 11.3. The molecule has 4 nitrogen and oxygen atoms in total. The van der Waals surface area contributed by atoms with Crippen molar-refractivity contribution in [2.45, 2.75) is 6.92 Å². The van der Waals surface area contributed by atoms with Gasteiger partial charge in [0, 0.05) is 0 Å². The molecule has 0 saturated heterocycles. The zero-order valence-electron chi connectivity index (χ0n) is 8.45. The Bertz CT molecular complexity index is 391. The number of nitrogens with zero attached hydrogens (tertiary/aromatic N) is 1. The van der Waals surface area contributed by atoms with Crippen molar-refractivity contribution in [3.63, 3.8) is 0 Å². The Balaban J connectivity index is 2.67. The van der Waals surface area contributed by atoms with Crippen molar-refractivity contribution in [1.29, 1.82) is 0 Å². The number of ether oxygens (including phenoxy) is 1. The topological polar surface area (TPSA) is 50.7 Å². The maximum Gasteiger partial charge on any atom is 0.370 e. The third-order valence-corrected chi connectivity index (χ3v) is 1.89. The highest BCUT2D eigenvalue weighted by atomic mass is 35.5. The molecule has 0 aliphatic rings. The summed E-state index contributed by atoms with van der Waals surface area (Å²) in [5, 5.41) is 3.43. The van der Waals surface area contributed by atoms with Crippen LogP contribution >= 0.6 is 11.6 Å². The molecule has 1 aromatic rings. The molecule has 15 heavy (non-hydrogen) atoms. The second kappa shape index (κ2) is 5.36. The fourth-order valence-corrected chi connectivity index (χ4v) is 1.08. The minimum atomic E-state index is -0.670. The molecule has 0 aliphatic heterocycles. The molecule has 0 amide bonds. The summed E-state index contributed by atoms with van der Waals surface area (Å²) in [6.45, 7) is 1.96. The lowest BCUT2D eigenvalue weighted by molar-refractivity contribution is -0.132. The Morgan fingerprint density at radius 1 is 1.53 bits per heavy atom. The van der Waals surface area contributed by atoms with Gasteiger partial charge in [0.15, 0.2) is 0 Å². The molecule has 0 aromatic heterocycles. The van der Waals surface area contributed by atoms with Crippen molar-refractivity contribution in [2.75, 3.05) is 12.5 Å². The molecule has 0 saturated carbocycles. The molecule has 5 heteroatoms. The average molecular weight is 227 g/mol. The Labute approximate surface area is 92.9 Å². The predicted octanol–water partition coefficient (Wildman–Crippen LogP) is 2.13. The van der Waals surface area contributed by atoms with E-state index in [9.17, 15) is 4.79 Å². The van der Waals surface area contributed by atoms with E-state index in [0.717, 1.165) is 11.3 Å². The molecule has 0 heterocycles. The highest BCUT2D eigenvalue weighted by Gasteiger charge is 2.06. The number of nitrogens with one attached hydrogen (secondary N) is 1. The molecule has 0 unspecified atom stereocenters. The van der Waals surface area contributed by atoms with Crippen LogP contribution in [0.1, 0.15) is 5.56 Å². The number of hydrazone groups is 1. The SMILES string of the molecule is COC(=O)C(Cl)=NNc1cccc(C)c1. The molecule has 1 aromatic carbocycles. The van der Waals surface area contributed by atoms with Gasteiger partial charge >= 0.3 is 5.97 Å². The van der Waals surface area contributed by atoms with E-state index in [1.54, 1.807) is 0 Å². The first-order valence-corrected chi connectivity index (χ1v) is 4.65. The van der Waals surface area contributed by atoms with Crippen molar-refractivity contribution in [1.82, 2.24) is 0 Å². The maximum absolute atomic E-state index is 10.9. The number of carbonyl (C=O) groups is 1. The number of carbonyl (C=O) groups excluding carboxylic acids is 1. The second-order valence-corrected chi connectivity index (χ2v) is 3.23. The molecule has 1 N–H and O–H groups in total. The van der Waals surface area contributed by atoms with E-state index in [1.165, 1.54) is 7.11 Å². The maximum atomic E-state index is 10.9. The second-order valence-electron chi connectivity index (χ2n) is 2.88. The Hall–Kier alpha value is -1.55. The van der Waals surface area contributed by atoms with Gasteiger partial charge in [0.25, 0.3) is 0 Å². The van der Waals surface area contributed by atoms with Crippen molar-refractivity contribution in [3.05, 3.63) is 29.8 Å². The average Bonchev–Trinajstić information content (AvgIpc) is 2.25. The zero-order valence-corrected chi connectivity index (χ0v) is 9.21. The fraction of sp³-hybridized carbons (Fsp3) is 0.200. The number of halogens is 1. The summed E-state index contributed by atoms with van der Waals surface area (Å²) in [6.07, 6.45) is 0. The summed E-state index contributed by atoms with van der Waals surface area (Å²) in [4.78, 5) is 10.9. The number of aryl methyl sites for hydroxylation is 1. The van der Waals surface area contributed by atoms with Gasteiger partial charge in [-0.25, -0.2) is 4.79 Å². The van der Waals surface area contributed by atoms with Gasteiger partial charge in [-0.2, -0.15) is 5.10 Å². The van der Waals surface area contributed by atoms with Gasteiger partial charge in [-0.15, -0.1) is 0 Å². The first-order chi connectivity index (χ1) is 7.13. The van der Waals surface area contributed by atoms with E-state index >= 15 is 0 Å². The molecule has 0 atom stereocenters. The Morgan fingerprint density at radius 3 is 2.87 bits per heavy atom. The summed E-state index contributed by atoms with van der Waals surface area (Å²) >= 11 is 5.53. The number of esters is 1. The number of hydrogen-bond acceptors (Lipinski definition) is 4. The number of hydrogen-bond donors (Lipinski definition) is 1. The van der Waals surface area contributed by atoms with Crippen LogP contribution in [0.25, 0.3) is 0 Å². The summed E-state index contributed by atoms with van der Waals surface area (Å²) in [7, 11) is 1.24. The van der Waals surface area contributed by atoms with Crippen LogP contribution in [0, 0.1) is 6.92 Å². The third-order valence-electron chi connectivity index (χ3n) is 1.66. The highest BCUT2D eigenvalue weighted by Crippen LogP contribution is 2.09. The molecule has 0 spiro atoms. The summed E-state index contributed by atoms with van der Waals surface area (Å²) < 4.78 is 4.38. The lowest BCUT2D eigenvalue weighted by Gasteiger charge is -2.01. The van der Waals surface area contributed by atoms with Crippen LogP contribution < -0.4 is 5.43 Å². The molecular formula is C10H11ClN2O2. The van der Waals surface area contributed by atoms with Gasteiger partial charge in [0.2, 0.25) is 5.17 Å². The van der Waals surface area contributed by atoms with Crippen molar-refractivity contribution < 1.29 is 9.53 Å². The highest BCUT2D eigenvalue weighted by molar-refractivity contribution is 6.82. The molecule has 0 aliphatic carbocycles.